The number of aromatic nitrogens is 5. The van der Waals surface area contributed by atoms with Crippen LogP contribution < -0.4 is 5.32 Å². The van der Waals surface area contributed by atoms with Crippen molar-refractivity contribution in [2.45, 2.75) is 89.3 Å². The van der Waals surface area contributed by atoms with E-state index in [1.807, 2.05) is 11.1 Å². The highest BCUT2D eigenvalue weighted by Gasteiger charge is 2.30. The first-order valence-corrected chi connectivity index (χ1v) is 13.4. The van der Waals surface area contributed by atoms with Crippen molar-refractivity contribution in [1.29, 1.82) is 0 Å². The van der Waals surface area contributed by atoms with Crippen molar-refractivity contribution in [1.82, 2.24) is 29.4 Å². The van der Waals surface area contributed by atoms with Crippen LogP contribution in [0.5, 0.6) is 0 Å². The summed E-state index contributed by atoms with van der Waals surface area (Å²) in [5.41, 5.74) is 2.65. The van der Waals surface area contributed by atoms with Gasteiger partial charge in [0.25, 0.3) is 5.91 Å². The number of carbonyl (C=O) groups is 1. The summed E-state index contributed by atoms with van der Waals surface area (Å²) in [5.74, 6) is 0.967. The topological polar surface area (TPSA) is 109 Å². The molecule has 3 aromatic heterocycles. The van der Waals surface area contributed by atoms with E-state index in [1.165, 1.54) is 11.8 Å². The summed E-state index contributed by atoms with van der Waals surface area (Å²) in [6.07, 6.45) is 16.3. The van der Waals surface area contributed by atoms with Crippen LogP contribution in [-0.2, 0) is 0 Å². The molecule has 2 fully saturated rings. The number of aliphatic hydroxyl groups is 1. The molecule has 36 heavy (non-hydrogen) atoms. The maximum Gasteiger partial charge on any atom is 0.274 e. The van der Waals surface area contributed by atoms with Crippen molar-refractivity contribution >= 4 is 22.9 Å². The van der Waals surface area contributed by atoms with Gasteiger partial charge in [0.05, 0.1) is 12.3 Å². The number of hydrogen-bond acceptors (Lipinski definition) is 7. The molecule has 192 valence electrons. The Hall–Kier alpha value is -3.07. The Morgan fingerprint density at radius 1 is 1.11 bits per heavy atom. The zero-order valence-electron chi connectivity index (χ0n) is 21.3. The van der Waals surface area contributed by atoms with Crippen LogP contribution >= 0.6 is 0 Å². The predicted octanol–water partition coefficient (Wildman–Crippen LogP) is 4.32. The lowest BCUT2D eigenvalue weighted by Gasteiger charge is -2.31. The highest BCUT2D eigenvalue weighted by molar-refractivity contribution is 5.92. The minimum absolute atomic E-state index is 0.0509. The van der Waals surface area contributed by atoms with E-state index < -0.39 is 0 Å². The zero-order chi connectivity index (χ0) is 25.1. The lowest BCUT2D eigenvalue weighted by Crippen LogP contribution is -2.38. The zero-order valence-corrected chi connectivity index (χ0v) is 21.3. The molecular weight excluding hydrogens is 454 g/mol. The van der Waals surface area contributed by atoms with Gasteiger partial charge in [0.1, 0.15) is 11.3 Å². The molecule has 1 atom stereocenters. The third-order valence-electron chi connectivity index (χ3n) is 7.76. The van der Waals surface area contributed by atoms with Crippen LogP contribution in [0.4, 0.5) is 5.95 Å². The van der Waals surface area contributed by atoms with E-state index in [9.17, 15) is 9.90 Å². The predicted molar refractivity (Wildman–Crippen MR) is 139 cm³/mol. The molecule has 5 rings (SSSR count). The molecule has 1 aliphatic carbocycles. The first-order valence-electron chi connectivity index (χ1n) is 13.4. The molecule has 1 saturated heterocycles. The summed E-state index contributed by atoms with van der Waals surface area (Å²) in [5, 5.41) is 14.6. The number of anilines is 1. The number of aliphatic hydroxyl groups excluding tert-OH is 1. The maximum atomic E-state index is 12.8. The van der Waals surface area contributed by atoms with E-state index in [2.05, 4.69) is 44.9 Å². The fourth-order valence-electron chi connectivity index (χ4n) is 5.75. The van der Waals surface area contributed by atoms with Crippen molar-refractivity contribution in [3.8, 4) is 0 Å². The molecule has 0 aromatic carbocycles. The Labute approximate surface area is 212 Å². The van der Waals surface area contributed by atoms with Gasteiger partial charge in [-0.3, -0.25) is 9.78 Å². The number of hydrogen-bond donors (Lipinski definition) is 2. The number of rotatable bonds is 7. The van der Waals surface area contributed by atoms with Crippen LogP contribution in [0.25, 0.3) is 11.0 Å². The van der Waals surface area contributed by atoms with Crippen molar-refractivity contribution in [2.24, 2.45) is 0 Å². The Bertz CT molecular complexity index is 1170. The number of amides is 1. The average Bonchev–Trinajstić information content (AvgIpc) is 3.28. The van der Waals surface area contributed by atoms with Crippen LogP contribution in [0.2, 0.25) is 0 Å². The van der Waals surface area contributed by atoms with Gasteiger partial charge in [-0.05, 0) is 63.4 Å². The lowest BCUT2D eigenvalue weighted by atomic mass is 9.89. The van der Waals surface area contributed by atoms with Crippen LogP contribution in [-0.4, -0.2) is 65.7 Å². The number of carbonyl (C=O) groups excluding carboxylic acids is 1. The number of nitrogens with one attached hydrogen (secondary N) is 1. The van der Waals surface area contributed by atoms with Gasteiger partial charge in [0, 0.05) is 55.3 Å². The van der Waals surface area contributed by atoms with Gasteiger partial charge in [0.15, 0.2) is 0 Å². The van der Waals surface area contributed by atoms with Crippen molar-refractivity contribution in [2.75, 3.05) is 18.4 Å². The van der Waals surface area contributed by atoms with Gasteiger partial charge < -0.3 is 19.9 Å². The quantitative estimate of drug-likeness (QED) is 0.507. The summed E-state index contributed by atoms with van der Waals surface area (Å²) in [4.78, 5) is 32.6. The summed E-state index contributed by atoms with van der Waals surface area (Å²) in [6.45, 7) is 5.73. The van der Waals surface area contributed by atoms with Crippen LogP contribution in [0.3, 0.4) is 0 Å². The average molecular weight is 492 g/mol. The maximum absolute atomic E-state index is 12.8. The van der Waals surface area contributed by atoms with Crippen molar-refractivity contribution in [3.05, 3.63) is 42.2 Å². The number of fused-ring (bicyclic) bond motifs is 1. The molecule has 1 aliphatic heterocycles. The molecule has 9 nitrogen and oxygen atoms in total. The number of nitrogens with zero attached hydrogens (tertiary/aromatic N) is 6. The van der Waals surface area contributed by atoms with Crippen LogP contribution in [0, 0.1) is 0 Å². The molecule has 1 saturated carbocycles. The Kier molecular flexibility index (Phi) is 7.46. The second-order valence-corrected chi connectivity index (χ2v) is 10.4. The molecule has 0 bridgehead atoms. The molecule has 3 aromatic rings. The molecule has 4 heterocycles. The smallest absolute Gasteiger partial charge is 0.274 e. The highest BCUT2D eigenvalue weighted by atomic mass is 16.3. The monoisotopic (exact) mass is 491 g/mol. The van der Waals surface area contributed by atoms with Crippen molar-refractivity contribution in [3.63, 3.8) is 0 Å². The van der Waals surface area contributed by atoms with Crippen molar-refractivity contribution < 1.29 is 9.90 Å². The molecule has 0 unspecified atom stereocenters. The summed E-state index contributed by atoms with van der Waals surface area (Å²) >= 11 is 0. The number of piperidine rings is 1. The SMILES string of the molecule is CCC[C@H](C)Nc1ncc2c(C3CCN(C(=O)c4cnccn4)CC3)cn(C3CCC(O)CC3)c2n1. The van der Waals surface area contributed by atoms with Gasteiger partial charge in [-0.1, -0.05) is 13.3 Å². The van der Waals surface area contributed by atoms with Gasteiger partial charge in [-0.15, -0.1) is 0 Å². The van der Waals surface area contributed by atoms with E-state index in [-0.39, 0.29) is 12.0 Å². The second kappa shape index (κ2) is 10.9. The molecule has 0 spiro atoms. The van der Waals surface area contributed by atoms with Gasteiger partial charge in [0.2, 0.25) is 5.95 Å². The molecule has 1 amide bonds. The Morgan fingerprint density at radius 2 is 1.89 bits per heavy atom. The fourth-order valence-corrected chi connectivity index (χ4v) is 5.75. The minimum atomic E-state index is -0.194. The molecular formula is C27H37N7O2. The summed E-state index contributed by atoms with van der Waals surface area (Å²) in [6, 6.07) is 0.648. The highest BCUT2D eigenvalue weighted by Crippen LogP contribution is 2.38. The Morgan fingerprint density at radius 3 is 2.58 bits per heavy atom. The van der Waals surface area contributed by atoms with Crippen LogP contribution in [0.15, 0.2) is 31.0 Å². The van der Waals surface area contributed by atoms with Gasteiger partial charge in [-0.2, -0.15) is 4.98 Å². The van der Waals surface area contributed by atoms with E-state index in [4.69, 9.17) is 4.98 Å². The van der Waals surface area contributed by atoms with E-state index in [0.29, 0.717) is 42.7 Å². The van der Waals surface area contributed by atoms with Gasteiger partial charge >= 0.3 is 0 Å². The number of likely N-dealkylation sites (tertiary alicyclic amines) is 1. The lowest BCUT2D eigenvalue weighted by molar-refractivity contribution is 0.0706. The summed E-state index contributed by atoms with van der Waals surface area (Å²) in [7, 11) is 0. The minimum Gasteiger partial charge on any atom is -0.393 e. The van der Waals surface area contributed by atoms with Gasteiger partial charge in [-0.25, -0.2) is 9.97 Å². The first kappa shape index (κ1) is 24.6. The summed E-state index contributed by atoms with van der Waals surface area (Å²) < 4.78 is 2.34. The third-order valence-corrected chi connectivity index (χ3v) is 7.76. The molecule has 9 heteroatoms. The molecule has 0 radical (unpaired) electrons. The normalized spacial score (nSPS) is 22.0. The fraction of sp³-hybridized carbons (Fsp3) is 0.593. The molecule has 2 N–H and O–H groups in total. The van der Waals surface area contributed by atoms with Crippen LogP contribution in [0.1, 0.15) is 93.2 Å². The Balaban J connectivity index is 1.39. The van der Waals surface area contributed by atoms with E-state index in [1.54, 1.807) is 12.4 Å². The largest absolute Gasteiger partial charge is 0.393 e. The van der Waals surface area contributed by atoms with E-state index >= 15 is 0 Å². The standard InChI is InChI=1S/C27H37N7O2/c1-3-4-18(2)31-27-30-15-22-23(17-34(25(22)32-27)20-5-7-21(35)8-6-20)19-9-13-33(14-10-19)26(36)24-16-28-11-12-29-24/h11-12,15-21,35H,3-10,13-14H2,1-2H3,(H,30,31,32)/t18-,20?,21?/m0/s1. The first-order chi connectivity index (χ1) is 17.5. The van der Waals surface area contributed by atoms with E-state index in [0.717, 1.165) is 62.4 Å². The second-order valence-electron chi connectivity index (χ2n) is 10.4. The third kappa shape index (κ3) is 5.21. The molecule has 2 aliphatic rings.